The van der Waals surface area contributed by atoms with Crippen molar-refractivity contribution in [3.63, 3.8) is 0 Å². The zero-order valence-electron chi connectivity index (χ0n) is 26.9. The first-order valence-corrected chi connectivity index (χ1v) is 16.1. The molecule has 0 aliphatic heterocycles. The summed E-state index contributed by atoms with van der Waals surface area (Å²) in [5.74, 6) is -1.51. The quantitative estimate of drug-likeness (QED) is 0.218. The van der Waals surface area contributed by atoms with E-state index in [0.29, 0.717) is 24.3 Å². The van der Waals surface area contributed by atoms with Crippen molar-refractivity contribution in [3.8, 4) is 0 Å². The van der Waals surface area contributed by atoms with Crippen molar-refractivity contribution < 1.29 is 28.7 Å². The Morgan fingerprint density at radius 2 is 1.70 bits per heavy atom. The second-order valence-electron chi connectivity index (χ2n) is 11.7. The molecule has 238 valence electrons. The average Bonchev–Trinajstić information content (AvgIpc) is 3.47. The number of benzene rings is 1. The molecule has 2 amide bonds. The molecule has 0 aliphatic rings. The van der Waals surface area contributed by atoms with Gasteiger partial charge in [-0.2, -0.15) is 0 Å². The number of amides is 2. The molecular weight excluding hydrogens is 566 g/mol. The van der Waals surface area contributed by atoms with E-state index in [4.69, 9.17) is 9.47 Å². The predicted molar refractivity (Wildman–Crippen MR) is 169 cm³/mol. The molecule has 0 bridgehead atoms. The smallest absolute Gasteiger partial charge is 0.308 e. The number of hydrogen-bond donors (Lipinski definition) is 1. The van der Waals surface area contributed by atoms with Crippen LogP contribution in [0.5, 0.6) is 0 Å². The van der Waals surface area contributed by atoms with Crippen LogP contribution >= 0.6 is 11.3 Å². The lowest BCUT2D eigenvalue weighted by molar-refractivity contribution is -0.149. The van der Waals surface area contributed by atoms with E-state index in [1.54, 1.807) is 17.2 Å². The maximum absolute atomic E-state index is 13.4. The molecule has 0 spiro atoms. The molecule has 5 atom stereocenters. The Balaban J connectivity index is 2.25. The second kappa shape index (κ2) is 17.8. The van der Waals surface area contributed by atoms with Crippen molar-refractivity contribution in [1.29, 1.82) is 0 Å². The van der Waals surface area contributed by atoms with Crippen LogP contribution in [0.25, 0.3) is 0 Å². The third kappa shape index (κ3) is 11.4. The minimum Gasteiger partial charge on any atom is -0.469 e. The van der Waals surface area contributed by atoms with Crippen LogP contribution in [-0.2, 0) is 30.3 Å². The summed E-state index contributed by atoms with van der Waals surface area (Å²) in [6, 6.07) is 9.21. The van der Waals surface area contributed by atoms with Crippen LogP contribution in [-0.4, -0.2) is 59.9 Å². The lowest BCUT2D eigenvalue weighted by Gasteiger charge is -2.35. The molecule has 2 aromatic rings. The number of nitrogens with one attached hydrogen (secondary N) is 1. The van der Waals surface area contributed by atoms with Crippen LogP contribution in [0.1, 0.15) is 101 Å². The SMILES string of the molecule is CCCC[C@@H](C)C(=O)N(C)[C@H](C[C@@H](OC(C)=O)c1nc(C(=O)N[C@@H](Cc2ccccc2)C[C@H](C)C(=O)OC)cs1)C(C)C. The van der Waals surface area contributed by atoms with Crippen molar-refractivity contribution in [2.45, 2.75) is 98.3 Å². The first-order valence-electron chi connectivity index (χ1n) is 15.2. The Bertz CT molecular complexity index is 1180. The number of hydrogen-bond acceptors (Lipinski definition) is 8. The molecule has 1 aromatic heterocycles. The predicted octanol–water partition coefficient (Wildman–Crippen LogP) is 5.99. The van der Waals surface area contributed by atoms with Crippen molar-refractivity contribution in [2.24, 2.45) is 17.8 Å². The second-order valence-corrected chi connectivity index (χ2v) is 12.6. The molecule has 9 nitrogen and oxygen atoms in total. The van der Waals surface area contributed by atoms with Gasteiger partial charge in [-0.05, 0) is 30.7 Å². The molecule has 0 saturated carbocycles. The minimum absolute atomic E-state index is 0.0681. The molecule has 2 rings (SSSR count). The molecule has 10 heteroatoms. The summed E-state index contributed by atoms with van der Waals surface area (Å²) in [6.07, 6.45) is 3.43. The summed E-state index contributed by atoms with van der Waals surface area (Å²) >= 11 is 1.25. The first-order chi connectivity index (χ1) is 20.4. The van der Waals surface area contributed by atoms with Crippen LogP contribution < -0.4 is 5.32 Å². The Hall–Kier alpha value is -3.27. The largest absolute Gasteiger partial charge is 0.469 e. The average molecular weight is 616 g/mol. The highest BCUT2D eigenvalue weighted by Gasteiger charge is 2.32. The summed E-state index contributed by atoms with van der Waals surface area (Å²) in [7, 11) is 3.16. The number of thiazole rings is 1. The highest BCUT2D eigenvalue weighted by molar-refractivity contribution is 7.09. The molecule has 0 saturated heterocycles. The third-order valence-electron chi connectivity index (χ3n) is 7.72. The van der Waals surface area contributed by atoms with Gasteiger partial charge in [-0.25, -0.2) is 4.98 Å². The van der Waals surface area contributed by atoms with E-state index in [2.05, 4.69) is 17.2 Å². The van der Waals surface area contributed by atoms with Crippen molar-refractivity contribution in [1.82, 2.24) is 15.2 Å². The van der Waals surface area contributed by atoms with E-state index in [1.165, 1.54) is 25.4 Å². The summed E-state index contributed by atoms with van der Waals surface area (Å²) in [4.78, 5) is 57.2. The normalized spacial score (nSPS) is 14.7. The number of methoxy groups -OCH3 is 1. The fourth-order valence-corrected chi connectivity index (χ4v) is 6.10. The van der Waals surface area contributed by atoms with E-state index in [0.717, 1.165) is 24.8 Å². The molecule has 0 unspecified atom stereocenters. The summed E-state index contributed by atoms with van der Waals surface area (Å²) in [5, 5.41) is 5.19. The Morgan fingerprint density at radius 1 is 1.02 bits per heavy atom. The van der Waals surface area contributed by atoms with Crippen LogP contribution in [0.4, 0.5) is 0 Å². The molecule has 43 heavy (non-hydrogen) atoms. The lowest BCUT2D eigenvalue weighted by atomic mass is 9.94. The van der Waals surface area contributed by atoms with Gasteiger partial charge in [0.25, 0.3) is 5.91 Å². The van der Waals surface area contributed by atoms with Gasteiger partial charge in [0.2, 0.25) is 5.91 Å². The molecule has 1 heterocycles. The van der Waals surface area contributed by atoms with Gasteiger partial charge in [-0.3, -0.25) is 19.2 Å². The fraction of sp³-hybridized carbons (Fsp3) is 0.606. The van der Waals surface area contributed by atoms with Crippen molar-refractivity contribution in [3.05, 3.63) is 52.0 Å². The summed E-state index contributed by atoms with van der Waals surface area (Å²) < 4.78 is 10.6. The standard InChI is InChI=1S/C33H49N3O6S/c1-9-10-14-22(4)32(39)36(7)28(21(2)3)19-29(42-24(6)37)31-35-27(20-43-31)30(38)34-26(17-23(5)33(40)41-8)18-25-15-12-11-13-16-25/h11-13,15-16,20-23,26,28-29H,9-10,14,17-19H2,1-8H3,(H,34,38)/t22-,23+,26-,28-,29-/m1/s1. The van der Waals surface area contributed by atoms with Crippen molar-refractivity contribution in [2.75, 3.05) is 14.2 Å². The highest BCUT2D eigenvalue weighted by atomic mass is 32.1. The summed E-state index contributed by atoms with van der Waals surface area (Å²) in [6.45, 7) is 11.3. The number of carbonyl (C=O) groups excluding carboxylic acids is 4. The van der Waals surface area contributed by atoms with Crippen LogP contribution in [0, 0.1) is 17.8 Å². The van der Waals surface area contributed by atoms with E-state index >= 15 is 0 Å². The lowest BCUT2D eigenvalue weighted by Crippen LogP contribution is -2.44. The van der Waals surface area contributed by atoms with Gasteiger partial charge < -0.3 is 19.7 Å². The van der Waals surface area contributed by atoms with Crippen LogP contribution in [0.3, 0.4) is 0 Å². The van der Waals surface area contributed by atoms with E-state index in [9.17, 15) is 19.2 Å². The molecule has 1 aromatic carbocycles. The Kier molecular flexibility index (Phi) is 14.8. The topological polar surface area (TPSA) is 115 Å². The van der Waals surface area contributed by atoms with Gasteiger partial charge in [0.1, 0.15) is 10.7 Å². The van der Waals surface area contributed by atoms with E-state index < -0.39 is 18.0 Å². The van der Waals surface area contributed by atoms with Gasteiger partial charge in [-0.1, -0.05) is 77.8 Å². The van der Waals surface area contributed by atoms with E-state index in [1.807, 2.05) is 58.2 Å². The maximum atomic E-state index is 13.4. The van der Waals surface area contributed by atoms with Gasteiger partial charge in [0, 0.05) is 43.8 Å². The van der Waals surface area contributed by atoms with E-state index in [-0.39, 0.29) is 47.4 Å². The number of aromatic nitrogens is 1. The molecular formula is C33H49N3O6S. The summed E-state index contributed by atoms with van der Waals surface area (Å²) in [5.41, 5.74) is 1.24. The van der Waals surface area contributed by atoms with Crippen LogP contribution in [0.15, 0.2) is 35.7 Å². The number of carbonyl (C=O) groups is 4. The van der Waals surface area contributed by atoms with Gasteiger partial charge in [0.05, 0.1) is 13.0 Å². The van der Waals surface area contributed by atoms with Gasteiger partial charge in [-0.15, -0.1) is 11.3 Å². The minimum atomic E-state index is -0.711. The van der Waals surface area contributed by atoms with Gasteiger partial charge in [0.15, 0.2) is 6.10 Å². The Morgan fingerprint density at radius 3 is 2.28 bits per heavy atom. The monoisotopic (exact) mass is 615 g/mol. The third-order valence-corrected chi connectivity index (χ3v) is 8.66. The Labute approximate surface area is 260 Å². The highest BCUT2D eigenvalue weighted by Crippen LogP contribution is 2.31. The fourth-order valence-electron chi connectivity index (χ4n) is 5.26. The number of unbranched alkanes of at least 4 members (excludes halogenated alkanes) is 1. The molecule has 0 fully saturated rings. The van der Waals surface area contributed by atoms with Crippen molar-refractivity contribution >= 4 is 35.1 Å². The first kappa shape index (κ1) is 35.9. The zero-order valence-corrected chi connectivity index (χ0v) is 27.7. The molecule has 1 N–H and O–H groups in total. The van der Waals surface area contributed by atoms with Gasteiger partial charge >= 0.3 is 11.9 Å². The molecule has 0 radical (unpaired) electrons. The number of rotatable bonds is 17. The number of nitrogens with zero attached hydrogens (tertiary/aromatic N) is 2. The number of esters is 2. The zero-order chi connectivity index (χ0) is 32.1. The van der Waals surface area contributed by atoms with Crippen LogP contribution in [0.2, 0.25) is 0 Å². The molecule has 0 aliphatic carbocycles. The number of ether oxygens (including phenoxy) is 2. The maximum Gasteiger partial charge on any atom is 0.308 e.